The van der Waals surface area contributed by atoms with Crippen LogP contribution in [-0.4, -0.2) is 17.4 Å². The lowest BCUT2D eigenvalue weighted by Gasteiger charge is -1.91. The van der Waals surface area contributed by atoms with Crippen LogP contribution in [0.3, 0.4) is 0 Å². The summed E-state index contributed by atoms with van der Waals surface area (Å²) in [4.78, 5) is 14.3. The molecule has 1 aromatic heterocycles. The second-order valence-electron chi connectivity index (χ2n) is 2.45. The minimum atomic E-state index is -0.0657. The Balaban J connectivity index is 2.44. The van der Waals surface area contributed by atoms with Gasteiger partial charge in [-0.3, -0.25) is 9.78 Å². The molecule has 3 nitrogen and oxygen atoms in total. The second-order valence-corrected chi connectivity index (χ2v) is 2.45. The Bertz CT molecular complexity index is 335. The van der Waals surface area contributed by atoms with Crippen molar-refractivity contribution in [3.8, 4) is 11.8 Å². The molecular formula is C10H10N2O. The van der Waals surface area contributed by atoms with E-state index >= 15 is 0 Å². The van der Waals surface area contributed by atoms with Gasteiger partial charge in [-0.25, -0.2) is 0 Å². The molecule has 0 fully saturated rings. The molecule has 13 heavy (non-hydrogen) atoms. The van der Waals surface area contributed by atoms with Gasteiger partial charge in [-0.05, 0) is 12.1 Å². The summed E-state index contributed by atoms with van der Waals surface area (Å²) in [6, 6.07) is 3.64. The second kappa shape index (κ2) is 4.94. The highest BCUT2D eigenvalue weighted by Crippen LogP contribution is 1.90. The zero-order valence-corrected chi connectivity index (χ0v) is 7.37. The maximum atomic E-state index is 10.5. The average Bonchev–Trinajstić information content (AvgIpc) is 2.14. The number of hydrogen-bond donors (Lipinski definition) is 1. The fourth-order valence-corrected chi connectivity index (χ4v) is 0.750. The third-order valence-electron chi connectivity index (χ3n) is 1.34. The smallest absolute Gasteiger partial charge is 0.217 e. The Morgan fingerprint density at radius 3 is 2.85 bits per heavy atom. The Morgan fingerprint density at radius 2 is 2.23 bits per heavy atom. The lowest BCUT2D eigenvalue weighted by Crippen LogP contribution is -2.19. The van der Waals surface area contributed by atoms with Crippen LogP contribution in [0.15, 0.2) is 24.5 Å². The molecule has 0 atom stereocenters. The van der Waals surface area contributed by atoms with E-state index in [1.165, 1.54) is 6.92 Å². The normalized spacial score (nSPS) is 8.38. The third kappa shape index (κ3) is 3.92. The van der Waals surface area contributed by atoms with E-state index in [-0.39, 0.29) is 5.91 Å². The molecule has 0 saturated heterocycles. The van der Waals surface area contributed by atoms with Gasteiger partial charge in [-0.15, -0.1) is 0 Å². The van der Waals surface area contributed by atoms with Crippen molar-refractivity contribution in [3.05, 3.63) is 30.1 Å². The van der Waals surface area contributed by atoms with E-state index in [1.807, 2.05) is 12.1 Å². The van der Waals surface area contributed by atoms with Crippen LogP contribution >= 0.6 is 0 Å². The molecule has 0 aliphatic heterocycles. The maximum absolute atomic E-state index is 10.5. The van der Waals surface area contributed by atoms with Gasteiger partial charge in [0.2, 0.25) is 5.91 Å². The molecule has 66 valence electrons. The molecule has 0 bridgehead atoms. The van der Waals surface area contributed by atoms with Gasteiger partial charge in [0, 0.05) is 24.9 Å². The van der Waals surface area contributed by atoms with Gasteiger partial charge < -0.3 is 5.32 Å². The molecule has 0 aliphatic rings. The standard InChI is InChI=1S/C10H10N2O/c1-9(13)12-6-2-3-10-4-7-11-8-5-10/h4-5,7-8H,6H2,1H3,(H,12,13). The van der Waals surface area contributed by atoms with Gasteiger partial charge in [0.15, 0.2) is 0 Å². The summed E-state index contributed by atoms with van der Waals surface area (Å²) < 4.78 is 0. The van der Waals surface area contributed by atoms with E-state index in [0.717, 1.165) is 5.56 Å². The Hall–Kier alpha value is -1.82. The summed E-state index contributed by atoms with van der Waals surface area (Å²) in [5, 5.41) is 2.59. The summed E-state index contributed by atoms with van der Waals surface area (Å²) in [5.41, 5.74) is 0.903. The van der Waals surface area contributed by atoms with Gasteiger partial charge >= 0.3 is 0 Å². The highest BCUT2D eigenvalue weighted by atomic mass is 16.1. The summed E-state index contributed by atoms with van der Waals surface area (Å²) in [5.74, 6) is 5.65. The van der Waals surface area contributed by atoms with Crippen LogP contribution in [0.5, 0.6) is 0 Å². The van der Waals surface area contributed by atoms with Crippen molar-refractivity contribution < 1.29 is 4.79 Å². The van der Waals surface area contributed by atoms with Crippen LogP contribution in [0, 0.1) is 11.8 Å². The van der Waals surface area contributed by atoms with Gasteiger partial charge in [0.25, 0.3) is 0 Å². The van der Waals surface area contributed by atoms with E-state index in [4.69, 9.17) is 0 Å². The largest absolute Gasteiger partial charge is 0.345 e. The Morgan fingerprint density at radius 1 is 1.54 bits per heavy atom. The van der Waals surface area contributed by atoms with E-state index < -0.39 is 0 Å². The van der Waals surface area contributed by atoms with Crippen molar-refractivity contribution in [2.24, 2.45) is 0 Å². The summed E-state index contributed by atoms with van der Waals surface area (Å²) in [6.07, 6.45) is 3.37. The number of nitrogens with one attached hydrogen (secondary N) is 1. The first-order valence-corrected chi connectivity index (χ1v) is 3.92. The fraction of sp³-hybridized carbons (Fsp3) is 0.200. The molecule has 0 aliphatic carbocycles. The first-order chi connectivity index (χ1) is 6.29. The zero-order valence-electron chi connectivity index (χ0n) is 7.37. The molecular weight excluding hydrogens is 164 g/mol. The van der Waals surface area contributed by atoms with Crippen molar-refractivity contribution in [2.75, 3.05) is 6.54 Å². The van der Waals surface area contributed by atoms with Gasteiger partial charge in [-0.1, -0.05) is 11.8 Å². The molecule has 0 aromatic carbocycles. The summed E-state index contributed by atoms with van der Waals surface area (Å²) in [7, 11) is 0. The van der Waals surface area contributed by atoms with Crippen LogP contribution in [0.2, 0.25) is 0 Å². The topological polar surface area (TPSA) is 42.0 Å². The van der Waals surface area contributed by atoms with Crippen LogP contribution < -0.4 is 5.32 Å². The van der Waals surface area contributed by atoms with E-state index in [9.17, 15) is 4.79 Å². The number of rotatable bonds is 1. The number of amides is 1. The molecule has 1 amide bonds. The molecule has 0 radical (unpaired) electrons. The van der Waals surface area contributed by atoms with E-state index in [0.29, 0.717) is 6.54 Å². The number of pyridine rings is 1. The van der Waals surface area contributed by atoms with Crippen LogP contribution in [0.4, 0.5) is 0 Å². The van der Waals surface area contributed by atoms with Crippen molar-refractivity contribution >= 4 is 5.91 Å². The highest BCUT2D eigenvalue weighted by molar-refractivity contribution is 5.73. The lowest BCUT2D eigenvalue weighted by atomic mass is 10.3. The highest BCUT2D eigenvalue weighted by Gasteiger charge is 1.84. The maximum Gasteiger partial charge on any atom is 0.217 e. The molecule has 0 spiro atoms. The molecule has 1 rings (SSSR count). The van der Waals surface area contributed by atoms with Crippen LogP contribution in [0.1, 0.15) is 12.5 Å². The van der Waals surface area contributed by atoms with E-state index in [2.05, 4.69) is 22.1 Å². The molecule has 1 heterocycles. The minimum absolute atomic E-state index is 0.0657. The van der Waals surface area contributed by atoms with Gasteiger partial charge in [-0.2, -0.15) is 0 Å². The quantitative estimate of drug-likeness (QED) is 0.632. The first kappa shape index (κ1) is 9.27. The molecule has 3 heteroatoms. The van der Waals surface area contributed by atoms with Gasteiger partial charge in [0.05, 0.1) is 6.54 Å². The molecule has 0 saturated carbocycles. The lowest BCUT2D eigenvalue weighted by molar-refractivity contribution is -0.118. The van der Waals surface area contributed by atoms with E-state index in [1.54, 1.807) is 12.4 Å². The Labute approximate surface area is 77.2 Å². The van der Waals surface area contributed by atoms with Crippen LogP contribution in [-0.2, 0) is 4.79 Å². The summed E-state index contributed by atoms with van der Waals surface area (Å²) >= 11 is 0. The Kier molecular flexibility index (Phi) is 3.52. The number of carbonyl (C=O) groups excluding carboxylic acids is 1. The fourth-order valence-electron chi connectivity index (χ4n) is 0.750. The number of nitrogens with zero attached hydrogens (tertiary/aromatic N) is 1. The average molecular weight is 174 g/mol. The number of carbonyl (C=O) groups is 1. The number of aromatic nitrogens is 1. The van der Waals surface area contributed by atoms with Crippen molar-refractivity contribution in [1.29, 1.82) is 0 Å². The van der Waals surface area contributed by atoms with Gasteiger partial charge in [0.1, 0.15) is 0 Å². The monoisotopic (exact) mass is 174 g/mol. The van der Waals surface area contributed by atoms with Crippen molar-refractivity contribution in [3.63, 3.8) is 0 Å². The zero-order chi connectivity index (χ0) is 9.52. The SMILES string of the molecule is CC(=O)NCC#Cc1ccncc1. The molecule has 1 aromatic rings. The predicted molar refractivity (Wildman–Crippen MR) is 49.8 cm³/mol. The first-order valence-electron chi connectivity index (χ1n) is 3.92. The minimum Gasteiger partial charge on any atom is -0.345 e. The molecule has 1 N–H and O–H groups in total. The predicted octanol–water partition coefficient (Wildman–Crippen LogP) is 0.569. The number of hydrogen-bond acceptors (Lipinski definition) is 2. The summed E-state index contributed by atoms with van der Waals surface area (Å²) in [6.45, 7) is 1.85. The van der Waals surface area contributed by atoms with Crippen LogP contribution in [0.25, 0.3) is 0 Å². The van der Waals surface area contributed by atoms with Crippen molar-refractivity contribution in [2.45, 2.75) is 6.92 Å². The van der Waals surface area contributed by atoms with Crippen molar-refractivity contribution in [1.82, 2.24) is 10.3 Å². The third-order valence-corrected chi connectivity index (χ3v) is 1.34. The molecule has 0 unspecified atom stereocenters.